The van der Waals surface area contributed by atoms with Gasteiger partial charge in [-0.1, -0.05) is 36.6 Å². The first-order valence-corrected chi connectivity index (χ1v) is 9.79. The number of benzene rings is 1. The summed E-state index contributed by atoms with van der Waals surface area (Å²) in [6.07, 6.45) is 10.3. The largest absolute Gasteiger partial charge is 0.465 e. The molecule has 28 heavy (non-hydrogen) atoms. The summed E-state index contributed by atoms with van der Waals surface area (Å²) < 4.78 is 5.18. The summed E-state index contributed by atoms with van der Waals surface area (Å²) in [7, 11) is 0. The number of hydrogen-bond acceptors (Lipinski definition) is 3. The molecule has 0 atom stereocenters. The minimum Gasteiger partial charge on any atom is -0.465 e. The normalized spacial score (nSPS) is 15.5. The molecule has 5 nitrogen and oxygen atoms in total. The van der Waals surface area contributed by atoms with Crippen molar-refractivity contribution < 1.29 is 14.0 Å². The Hall–Kier alpha value is -2.79. The van der Waals surface area contributed by atoms with Crippen LogP contribution in [-0.4, -0.2) is 29.8 Å². The Bertz CT molecular complexity index is 846. The molecule has 146 valence electrons. The van der Waals surface area contributed by atoms with Crippen LogP contribution in [-0.2, 0) is 9.59 Å². The van der Waals surface area contributed by atoms with E-state index in [4.69, 9.17) is 16.0 Å². The number of amides is 2. The third-order valence-electron chi connectivity index (χ3n) is 4.50. The predicted octanol–water partition coefficient (Wildman–Crippen LogP) is 4.51. The highest BCUT2D eigenvalue weighted by Crippen LogP contribution is 2.16. The summed E-state index contributed by atoms with van der Waals surface area (Å²) in [5.41, 5.74) is 1.04. The molecule has 1 aliphatic rings. The molecule has 0 radical (unpaired) electrons. The molecule has 0 spiro atoms. The van der Waals surface area contributed by atoms with Gasteiger partial charge in [0.1, 0.15) is 11.5 Å². The summed E-state index contributed by atoms with van der Waals surface area (Å²) in [6.45, 7) is 1.41. The van der Waals surface area contributed by atoms with E-state index in [1.807, 2.05) is 17.0 Å². The lowest BCUT2D eigenvalue weighted by atomic mass is 10.1. The van der Waals surface area contributed by atoms with Gasteiger partial charge in [0.05, 0.1) is 6.26 Å². The monoisotopic (exact) mass is 398 g/mol. The van der Waals surface area contributed by atoms with Crippen molar-refractivity contribution in [3.63, 3.8) is 0 Å². The lowest BCUT2D eigenvalue weighted by Gasteiger charge is -2.22. The van der Waals surface area contributed by atoms with Gasteiger partial charge in [-0.3, -0.25) is 9.59 Å². The van der Waals surface area contributed by atoms with Crippen molar-refractivity contribution in [1.82, 2.24) is 10.2 Å². The highest BCUT2D eigenvalue weighted by molar-refractivity contribution is 6.30. The van der Waals surface area contributed by atoms with Crippen LogP contribution in [0.25, 0.3) is 12.2 Å². The maximum atomic E-state index is 13.1. The van der Waals surface area contributed by atoms with Crippen LogP contribution in [0.15, 0.2) is 58.9 Å². The topological polar surface area (TPSA) is 62.6 Å². The van der Waals surface area contributed by atoms with Gasteiger partial charge in [-0.15, -0.1) is 0 Å². The van der Waals surface area contributed by atoms with E-state index in [2.05, 4.69) is 5.32 Å². The Morgan fingerprint density at radius 2 is 1.75 bits per heavy atom. The molecule has 1 fully saturated rings. The van der Waals surface area contributed by atoms with Gasteiger partial charge in [0.25, 0.3) is 5.91 Å². The quantitative estimate of drug-likeness (QED) is 0.754. The molecule has 6 heteroatoms. The Kier molecular flexibility index (Phi) is 7.09. The average molecular weight is 399 g/mol. The minimum absolute atomic E-state index is 0.170. The number of carbonyl (C=O) groups is 2. The van der Waals surface area contributed by atoms with E-state index in [-0.39, 0.29) is 17.5 Å². The molecule has 1 aliphatic heterocycles. The van der Waals surface area contributed by atoms with Crippen molar-refractivity contribution in [2.24, 2.45) is 0 Å². The molecule has 2 heterocycles. The van der Waals surface area contributed by atoms with Crippen LogP contribution in [0.2, 0.25) is 5.02 Å². The predicted molar refractivity (Wildman–Crippen MR) is 110 cm³/mol. The second-order valence-corrected chi connectivity index (χ2v) is 7.09. The summed E-state index contributed by atoms with van der Waals surface area (Å²) >= 11 is 5.94. The standard InChI is InChI=1S/C22H23ClN2O3/c23-18-9-7-17(8-10-18)16-20(22(27)25-13-3-1-2-4-14-25)24-21(26)12-11-19-6-5-15-28-19/h5-12,15-16H,1-4,13-14H2,(H,24,26)/b12-11+,20-16-. The number of nitrogens with one attached hydrogen (secondary N) is 1. The van der Waals surface area contributed by atoms with Crippen molar-refractivity contribution in [1.29, 1.82) is 0 Å². The summed E-state index contributed by atoms with van der Waals surface area (Å²) in [5, 5.41) is 3.34. The van der Waals surface area contributed by atoms with Crippen molar-refractivity contribution in [3.8, 4) is 0 Å². The number of hydrogen-bond donors (Lipinski definition) is 1. The first kappa shape index (κ1) is 20.0. The van der Waals surface area contributed by atoms with Gasteiger partial charge in [-0.05, 0) is 54.8 Å². The zero-order chi connectivity index (χ0) is 19.8. The van der Waals surface area contributed by atoms with Crippen LogP contribution in [0.3, 0.4) is 0 Å². The van der Waals surface area contributed by atoms with Gasteiger partial charge < -0.3 is 14.6 Å². The lowest BCUT2D eigenvalue weighted by molar-refractivity contribution is -0.128. The van der Waals surface area contributed by atoms with Crippen LogP contribution in [0.5, 0.6) is 0 Å². The Balaban J connectivity index is 1.79. The summed E-state index contributed by atoms with van der Waals surface area (Å²) in [5.74, 6) is 0.00797. The maximum absolute atomic E-state index is 13.1. The number of carbonyl (C=O) groups excluding carboxylic acids is 2. The molecule has 1 aromatic heterocycles. The van der Waals surface area contributed by atoms with Crippen molar-refractivity contribution in [3.05, 3.63) is 70.8 Å². The minimum atomic E-state index is -0.389. The third-order valence-corrected chi connectivity index (χ3v) is 4.76. The first-order chi connectivity index (χ1) is 13.6. The fourth-order valence-electron chi connectivity index (χ4n) is 3.04. The highest BCUT2D eigenvalue weighted by atomic mass is 35.5. The van der Waals surface area contributed by atoms with Crippen LogP contribution in [0, 0.1) is 0 Å². The Labute approximate surface area is 169 Å². The van der Waals surface area contributed by atoms with Gasteiger partial charge in [0.2, 0.25) is 5.91 Å². The zero-order valence-electron chi connectivity index (χ0n) is 15.6. The van der Waals surface area contributed by atoms with E-state index in [9.17, 15) is 9.59 Å². The van der Waals surface area contributed by atoms with Crippen molar-refractivity contribution in [2.45, 2.75) is 25.7 Å². The van der Waals surface area contributed by atoms with Gasteiger partial charge in [-0.2, -0.15) is 0 Å². The molecule has 3 rings (SSSR count). The number of furan rings is 1. The van der Waals surface area contributed by atoms with Crippen LogP contribution < -0.4 is 5.32 Å². The molecular weight excluding hydrogens is 376 g/mol. The Morgan fingerprint density at radius 3 is 2.39 bits per heavy atom. The lowest BCUT2D eigenvalue weighted by Crippen LogP contribution is -2.38. The molecule has 0 saturated carbocycles. The third kappa shape index (κ3) is 5.86. The Morgan fingerprint density at radius 1 is 1.04 bits per heavy atom. The second-order valence-electron chi connectivity index (χ2n) is 6.65. The maximum Gasteiger partial charge on any atom is 0.270 e. The van der Waals surface area contributed by atoms with Gasteiger partial charge in [0, 0.05) is 24.2 Å². The summed E-state index contributed by atoms with van der Waals surface area (Å²) in [6, 6.07) is 10.6. The highest BCUT2D eigenvalue weighted by Gasteiger charge is 2.20. The van der Waals surface area contributed by atoms with Crippen molar-refractivity contribution in [2.75, 3.05) is 13.1 Å². The first-order valence-electron chi connectivity index (χ1n) is 9.41. The molecule has 1 aromatic carbocycles. The second kappa shape index (κ2) is 9.95. The SMILES string of the molecule is O=C(/C=C/c1ccco1)N/C(=C\c1ccc(Cl)cc1)C(=O)N1CCCCCC1. The van der Waals surface area contributed by atoms with E-state index < -0.39 is 0 Å². The van der Waals surface area contributed by atoms with E-state index in [1.165, 1.54) is 12.3 Å². The molecule has 1 N–H and O–H groups in total. The number of rotatable bonds is 5. The van der Waals surface area contributed by atoms with E-state index in [0.29, 0.717) is 23.9 Å². The van der Waals surface area contributed by atoms with Crippen LogP contribution in [0.1, 0.15) is 37.0 Å². The molecule has 0 unspecified atom stereocenters. The fourth-order valence-corrected chi connectivity index (χ4v) is 3.17. The van der Waals surface area contributed by atoms with E-state index >= 15 is 0 Å². The molecule has 1 saturated heterocycles. The average Bonchev–Trinajstić information content (AvgIpc) is 3.07. The molecule has 0 aliphatic carbocycles. The van der Waals surface area contributed by atoms with Gasteiger partial charge in [-0.25, -0.2) is 0 Å². The van der Waals surface area contributed by atoms with E-state index in [1.54, 1.807) is 36.4 Å². The van der Waals surface area contributed by atoms with Crippen LogP contribution >= 0.6 is 11.6 Å². The molecular formula is C22H23ClN2O3. The zero-order valence-corrected chi connectivity index (χ0v) is 16.3. The molecule has 2 amide bonds. The van der Waals surface area contributed by atoms with Gasteiger partial charge >= 0.3 is 0 Å². The smallest absolute Gasteiger partial charge is 0.270 e. The number of nitrogens with zero attached hydrogens (tertiary/aromatic N) is 1. The van der Waals surface area contributed by atoms with Crippen molar-refractivity contribution >= 4 is 35.6 Å². The number of halogens is 1. The van der Waals surface area contributed by atoms with Crippen LogP contribution in [0.4, 0.5) is 0 Å². The van der Waals surface area contributed by atoms with Gasteiger partial charge in [0.15, 0.2) is 0 Å². The fraction of sp³-hybridized carbons (Fsp3) is 0.273. The van der Waals surface area contributed by atoms with E-state index in [0.717, 1.165) is 31.2 Å². The summed E-state index contributed by atoms with van der Waals surface area (Å²) in [4.78, 5) is 27.3. The number of likely N-dealkylation sites (tertiary alicyclic amines) is 1. The molecule has 0 bridgehead atoms. The molecule has 2 aromatic rings.